The molecular weight excluding hydrogens is 344 g/mol. The molecule has 3 aliphatic rings. The van der Waals surface area contributed by atoms with Crippen LogP contribution in [-0.4, -0.2) is 11.4 Å². The van der Waals surface area contributed by atoms with Crippen molar-refractivity contribution >= 4 is 11.6 Å². The third-order valence-electron chi connectivity index (χ3n) is 7.00. The van der Waals surface area contributed by atoms with Crippen LogP contribution in [-0.2, 0) is 0 Å². The molecule has 146 valence electrons. The molecule has 2 fully saturated rings. The molecule has 2 saturated carbocycles. The van der Waals surface area contributed by atoms with E-state index in [2.05, 4.69) is 53.1 Å². The Kier molecular flexibility index (Phi) is 4.04. The lowest BCUT2D eigenvalue weighted by Crippen LogP contribution is -2.41. The van der Waals surface area contributed by atoms with Crippen LogP contribution < -0.4 is 10.6 Å². The van der Waals surface area contributed by atoms with Crippen LogP contribution in [0.15, 0.2) is 48.5 Å². The largest absolute Gasteiger partial charge is 0.378 e. The van der Waals surface area contributed by atoms with E-state index in [0.717, 1.165) is 17.4 Å². The molecule has 2 aromatic rings. The summed E-state index contributed by atoms with van der Waals surface area (Å²) in [6, 6.07) is 17.6. The van der Waals surface area contributed by atoms with Crippen molar-refractivity contribution in [1.82, 2.24) is 5.32 Å². The van der Waals surface area contributed by atoms with Gasteiger partial charge in [0.1, 0.15) is 0 Å². The van der Waals surface area contributed by atoms with Crippen LogP contribution in [0.2, 0.25) is 0 Å². The fourth-order valence-electron chi connectivity index (χ4n) is 6.03. The third kappa shape index (κ3) is 2.92. The zero-order chi connectivity index (χ0) is 19.5. The van der Waals surface area contributed by atoms with Crippen LogP contribution in [0.5, 0.6) is 0 Å². The maximum absolute atomic E-state index is 12.8. The lowest BCUT2D eigenvalue weighted by Gasteiger charge is -2.43. The Balaban J connectivity index is 1.54. The maximum atomic E-state index is 12.8. The number of carbonyl (C=O) groups is 1. The molecule has 28 heavy (non-hydrogen) atoms. The molecule has 2 aromatic carbocycles. The van der Waals surface area contributed by atoms with Crippen LogP contribution >= 0.6 is 0 Å². The van der Waals surface area contributed by atoms with Gasteiger partial charge in [-0.25, -0.2) is 0 Å². The number of nitrogens with one attached hydrogen (secondary N) is 2. The van der Waals surface area contributed by atoms with Crippen molar-refractivity contribution in [1.29, 1.82) is 0 Å². The lowest BCUT2D eigenvalue weighted by atomic mass is 9.68. The van der Waals surface area contributed by atoms with Gasteiger partial charge in [-0.1, -0.05) is 30.3 Å². The molecule has 1 aliphatic heterocycles. The van der Waals surface area contributed by atoms with Crippen molar-refractivity contribution in [3.63, 3.8) is 0 Å². The predicted molar refractivity (Wildman–Crippen MR) is 114 cm³/mol. The molecular formula is C25H30N2O. The Morgan fingerprint density at radius 1 is 1.04 bits per heavy atom. The van der Waals surface area contributed by atoms with E-state index in [-0.39, 0.29) is 11.4 Å². The average Bonchev–Trinajstić information content (AvgIpc) is 3.29. The molecule has 2 N–H and O–H groups in total. The minimum atomic E-state index is -0.224. The summed E-state index contributed by atoms with van der Waals surface area (Å²) < 4.78 is 0. The van der Waals surface area contributed by atoms with Gasteiger partial charge in [-0.2, -0.15) is 0 Å². The number of anilines is 1. The summed E-state index contributed by atoms with van der Waals surface area (Å²) >= 11 is 0. The molecule has 5 rings (SSSR count). The van der Waals surface area contributed by atoms with E-state index < -0.39 is 0 Å². The van der Waals surface area contributed by atoms with Gasteiger partial charge in [-0.3, -0.25) is 4.79 Å². The Morgan fingerprint density at radius 2 is 1.79 bits per heavy atom. The van der Waals surface area contributed by atoms with E-state index in [1.807, 2.05) is 26.8 Å². The zero-order valence-electron chi connectivity index (χ0n) is 17.0. The van der Waals surface area contributed by atoms with Crippen molar-refractivity contribution in [2.24, 2.45) is 17.8 Å². The number of hydrogen-bond donors (Lipinski definition) is 2. The first kappa shape index (κ1) is 17.8. The molecule has 1 amide bonds. The smallest absolute Gasteiger partial charge is 0.251 e. The molecule has 0 unspecified atom stereocenters. The second-order valence-corrected chi connectivity index (χ2v) is 9.98. The highest BCUT2D eigenvalue weighted by Crippen LogP contribution is 2.63. The zero-order valence-corrected chi connectivity index (χ0v) is 17.0. The molecule has 5 atom stereocenters. The van der Waals surface area contributed by atoms with E-state index in [1.165, 1.54) is 36.1 Å². The van der Waals surface area contributed by atoms with Crippen molar-refractivity contribution < 1.29 is 4.79 Å². The SMILES string of the molecule is CC(C)(C)NC(=O)c1ccc2c(c1)[C@@H]1[C@H]3CC[C@@H](C3)[C@H]1[C@@H](c1ccccc1)N2. The number of hydrogen-bond acceptors (Lipinski definition) is 2. The molecule has 2 aliphatic carbocycles. The van der Waals surface area contributed by atoms with Gasteiger partial charge in [0, 0.05) is 16.8 Å². The first-order valence-electron chi connectivity index (χ1n) is 10.7. The maximum Gasteiger partial charge on any atom is 0.251 e. The van der Waals surface area contributed by atoms with Crippen LogP contribution in [0, 0.1) is 17.8 Å². The summed E-state index contributed by atoms with van der Waals surface area (Å²) in [5.74, 6) is 2.80. The Labute approximate surface area is 167 Å². The molecule has 1 heterocycles. The van der Waals surface area contributed by atoms with Gasteiger partial charge in [0.05, 0.1) is 6.04 Å². The molecule has 0 saturated heterocycles. The quantitative estimate of drug-likeness (QED) is 0.727. The standard InChI is InChI=1S/C25H30N2O/c1-25(2,3)27-24(28)18-11-12-20-19(14-18)21-16-9-10-17(13-16)22(21)23(26-20)15-7-5-4-6-8-15/h4-8,11-12,14,16-17,21-23,26H,9-10,13H2,1-3H3,(H,27,28)/t16-,17-,21-,22+,23+/m0/s1. The van der Waals surface area contributed by atoms with Crippen molar-refractivity contribution in [2.45, 2.75) is 57.5 Å². The average molecular weight is 375 g/mol. The monoisotopic (exact) mass is 374 g/mol. The van der Waals surface area contributed by atoms with Crippen molar-refractivity contribution in [2.75, 3.05) is 5.32 Å². The van der Waals surface area contributed by atoms with Gasteiger partial charge in [0.25, 0.3) is 5.91 Å². The lowest BCUT2D eigenvalue weighted by molar-refractivity contribution is 0.0919. The minimum absolute atomic E-state index is 0.0280. The summed E-state index contributed by atoms with van der Waals surface area (Å²) in [6.07, 6.45) is 4.04. The van der Waals surface area contributed by atoms with E-state index in [0.29, 0.717) is 17.9 Å². The molecule has 0 aromatic heterocycles. The van der Waals surface area contributed by atoms with E-state index in [4.69, 9.17) is 0 Å². The van der Waals surface area contributed by atoms with E-state index in [1.54, 1.807) is 0 Å². The van der Waals surface area contributed by atoms with Gasteiger partial charge >= 0.3 is 0 Å². The first-order chi connectivity index (χ1) is 13.4. The molecule has 2 bridgehead atoms. The third-order valence-corrected chi connectivity index (χ3v) is 7.00. The minimum Gasteiger partial charge on any atom is -0.378 e. The Hall–Kier alpha value is -2.29. The highest BCUT2D eigenvalue weighted by atomic mass is 16.1. The second-order valence-electron chi connectivity index (χ2n) is 9.98. The fraction of sp³-hybridized carbons (Fsp3) is 0.480. The summed E-state index contributed by atoms with van der Waals surface area (Å²) in [5.41, 5.74) is 4.54. The number of fused-ring (bicyclic) bond motifs is 7. The van der Waals surface area contributed by atoms with Crippen molar-refractivity contribution in [3.8, 4) is 0 Å². The van der Waals surface area contributed by atoms with Crippen molar-refractivity contribution in [3.05, 3.63) is 65.2 Å². The summed E-state index contributed by atoms with van der Waals surface area (Å²) in [7, 11) is 0. The molecule has 0 radical (unpaired) electrons. The molecule has 3 heteroatoms. The van der Waals surface area contributed by atoms with E-state index >= 15 is 0 Å². The second kappa shape index (κ2) is 6.37. The Bertz CT molecular complexity index is 899. The normalized spacial score (nSPS) is 30.3. The molecule has 3 nitrogen and oxygen atoms in total. The predicted octanol–water partition coefficient (Wildman–Crippen LogP) is 5.51. The summed E-state index contributed by atoms with van der Waals surface area (Å²) in [6.45, 7) is 6.09. The van der Waals surface area contributed by atoms with Crippen LogP contribution in [0.25, 0.3) is 0 Å². The van der Waals surface area contributed by atoms with Crippen LogP contribution in [0.1, 0.15) is 73.5 Å². The van der Waals surface area contributed by atoms with Crippen LogP contribution in [0.4, 0.5) is 5.69 Å². The topological polar surface area (TPSA) is 41.1 Å². The van der Waals surface area contributed by atoms with Crippen LogP contribution in [0.3, 0.4) is 0 Å². The fourth-order valence-corrected chi connectivity index (χ4v) is 6.03. The van der Waals surface area contributed by atoms with Gasteiger partial charge < -0.3 is 10.6 Å². The van der Waals surface area contributed by atoms with Gasteiger partial charge in [0.2, 0.25) is 0 Å². The summed E-state index contributed by atoms with van der Waals surface area (Å²) in [4.78, 5) is 12.8. The number of rotatable bonds is 2. The first-order valence-corrected chi connectivity index (χ1v) is 10.7. The highest BCUT2D eigenvalue weighted by Gasteiger charge is 2.53. The molecule has 0 spiro atoms. The van der Waals surface area contributed by atoms with Gasteiger partial charge in [0.15, 0.2) is 0 Å². The van der Waals surface area contributed by atoms with Gasteiger partial charge in [-0.15, -0.1) is 0 Å². The number of benzene rings is 2. The number of carbonyl (C=O) groups excluding carboxylic acids is 1. The summed E-state index contributed by atoms with van der Waals surface area (Å²) in [5, 5.41) is 6.96. The Morgan fingerprint density at radius 3 is 2.54 bits per heavy atom. The van der Waals surface area contributed by atoms with E-state index in [9.17, 15) is 4.79 Å². The highest BCUT2D eigenvalue weighted by molar-refractivity contribution is 5.95. The van der Waals surface area contributed by atoms with Gasteiger partial charge in [-0.05, 0) is 93.0 Å². The number of amides is 1.